The molecule has 2 saturated carbocycles. The molecule has 5 heteroatoms. The predicted molar refractivity (Wildman–Crippen MR) is 133 cm³/mol. The lowest BCUT2D eigenvalue weighted by atomic mass is 9.67. The molecule has 4 rings (SSSR count). The number of carbonyl (C=O) groups is 2. The molecule has 5 nitrogen and oxygen atoms in total. The number of ether oxygens (including phenoxy) is 2. The van der Waals surface area contributed by atoms with E-state index in [0.717, 1.165) is 5.56 Å². The van der Waals surface area contributed by atoms with Crippen LogP contribution in [0.3, 0.4) is 0 Å². The van der Waals surface area contributed by atoms with Crippen LogP contribution in [0.4, 0.5) is 4.79 Å². The van der Waals surface area contributed by atoms with Crippen molar-refractivity contribution in [1.29, 1.82) is 0 Å². The number of nitrogens with zero attached hydrogens (tertiary/aromatic N) is 1. The molecule has 0 unspecified atom stereocenters. The average molecular weight is 470 g/mol. The Morgan fingerprint density at radius 2 is 1.53 bits per heavy atom. The van der Waals surface area contributed by atoms with E-state index in [1.54, 1.807) is 4.90 Å². The normalized spacial score (nSPS) is 24.9. The summed E-state index contributed by atoms with van der Waals surface area (Å²) in [5, 5.41) is 0. The van der Waals surface area contributed by atoms with E-state index in [0.29, 0.717) is 24.2 Å². The first-order valence-corrected chi connectivity index (χ1v) is 13.5. The van der Waals surface area contributed by atoms with Crippen LogP contribution in [0, 0.1) is 23.2 Å². The summed E-state index contributed by atoms with van der Waals surface area (Å²) < 4.78 is 11.6. The second-order valence-corrected chi connectivity index (χ2v) is 11.8. The molecule has 1 amide bonds. The standard InChI is InChI=1S/C29H43NO4/c1-29(2,3)27-30(28(32)33-20-21-13-7-4-8-14-21)25(26(31)34-27)19-24(22-15-9-5-10-16-22)23-17-11-6-12-18-23/h4,7-8,13-14,22-25,27H,5-6,9-12,15-20H2,1-3H3/t25-,27+/m0/s1. The Balaban J connectivity index is 1.55. The predicted octanol–water partition coefficient (Wildman–Crippen LogP) is 7.09. The Morgan fingerprint density at radius 1 is 0.971 bits per heavy atom. The van der Waals surface area contributed by atoms with Gasteiger partial charge in [-0.1, -0.05) is 115 Å². The van der Waals surface area contributed by atoms with Crippen LogP contribution in [-0.4, -0.2) is 29.2 Å². The molecule has 3 fully saturated rings. The van der Waals surface area contributed by atoms with Gasteiger partial charge in [0.15, 0.2) is 6.23 Å². The van der Waals surface area contributed by atoms with E-state index in [2.05, 4.69) is 0 Å². The Bertz CT molecular complexity index is 787. The summed E-state index contributed by atoms with van der Waals surface area (Å²) in [7, 11) is 0. The van der Waals surface area contributed by atoms with E-state index < -0.39 is 18.4 Å². The van der Waals surface area contributed by atoms with Crippen molar-refractivity contribution < 1.29 is 19.1 Å². The maximum Gasteiger partial charge on any atom is 0.413 e. The van der Waals surface area contributed by atoms with E-state index in [4.69, 9.17) is 9.47 Å². The Hall–Kier alpha value is -2.04. The molecule has 1 aromatic rings. The zero-order valence-corrected chi connectivity index (χ0v) is 21.3. The monoisotopic (exact) mass is 469 g/mol. The van der Waals surface area contributed by atoms with Crippen molar-refractivity contribution >= 4 is 12.1 Å². The van der Waals surface area contributed by atoms with E-state index in [1.807, 2.05) is 51.1 Å². The van der Waals surface area contributed by atoms with Crippen molar-refractivity contribution in [2.24, 2.45) is 23.2 Å². The molecular formula is C29H43NO4. The molecule has 0 radical (unpaired) electrons. The molecule has 1 saturated heterocycles. The van der Waals surface area contributed by atoms with Crippen LogP contribution in [0.5, 0.6) is 0 Å². The maximum absolute atomic E-state index is 13.4. The van der Waals surface area contributed by atoms with Gasteiger partial charge in [0.25, 0.3) is 0 Å². The van der Waals surface area contributed by atoms with E-state index in [1.165, 1.54) is 64.2 Å². The number of esters is 1. The van der Waals surface area contributed by atoms with Gasteiger partial charge in [0.1, 0.15) is 12.6 Å². The second-order valence-electron chi connectivity index (χ2n) is 11.8. The lowest BCUT2D eigenvalue weighted by molar-refractivity contribution is -0.147. The molecule has 34 heavy (non-hydrogen) atoms. The van der Waals surface area contributed by atoms with Crippen molar-refractivity contribution in [3.8, 4) is 0 Å². The molecule has 1 aromatic carbocycles. The van der Waals surface area contributed by atoms with Crippen molar-refractivity contribution in [3.05, 3.63) is 35.9 Å². The number of hydrogen-bond donors (Lipinski definition) is 0. The molecule has 2 aliphatic carbocycles. The number of benzene rings is 1. The molecular weight excluding hydrogens is 426 g/mol. The molecule has 1 aliphatic heterocycles. The van der Waals surface area contributed by atoms with Crippen LogP contribution in [0.15, 0.2) is 30.3 Å². The fraction of sp³-hybridized carbons (Fsp3) is 0.724. The zero-order chi connectivity index (χ0) is 24.1. The summed E-state index contributed by atoms with van der Waals surface area (Å²) >= 11 is 0. The summed E-state index contributed by atoms with van der Waals surface area (Å²) in [5.41, 5.74) is 0.551. The molecule has 2 atom stereocenters. The summed E-state index contributed by atoms with van der Waals surface area (Å²) in [4.78, 5) is 28.3. The second kappa shape index (κ2) is 11.1. The van der Waals surface area contributed by atoms with Gasteiger partial charge in [0.05, 0.1) is 0 Å². The number of cyclic esters (lactones) is 1. The highest BCUT2D eigenvalue weighted by Crippen LogP contribution is 2.44. The van der Waals surface area contributed by atoms with Gasteiger partial charge in [0.2, 0.25) is 0 Å². The summed E-state index contributed by atoms with van der Waals surface area (Å²) in [5.74, 6) is 1.52. The van der Waals surface area contributed by atoms with E-state index in [-0.39, 0.29) is 18.0 Å². The summed E-state index contributed by atoms with van der Waals surface area (Å²) in [6.45, 7) is 6.25. The number of amides is 1. The SMILES string of the molecule is CC(C)(C)[C@H]1OC(=O)[C@H](CC(C2CCCCC2)C2CCCCC2)N1C(=O)OCc1ccccc1. The van der Waals surface area contributed by atoms with Crippen molar-refractivity contribution in [2.45, 2.75) is 110 Å². The third kappa shape index (κ3) is 5.95. The zero-order valence-electron chi connectivity index (χ0n) is 21.3. The minimum Gasteiger partial charge on any atom is -0.444 e. The Labute approximate surface area is 205 Å². The highest BCUT2D eigenvalue weighted by Gasteiger charge is 2.52. The fourth-order valence-corrected chi connectivity index (χ4v) is 6.50. The van der Waals surface area contributed by atoms with Crippen LogP contribution < -0.4 is 0 Å². The third-order valence-corrected chi connectivity index (χ3v) is 8.25. The number of hydrogen-bond acceptors (Lipinski definition) is 4. The largest absolute Gasteiger partial charge is 0.444 e. The number of carbonyl (C=O) groups excluding carboxylic acids is 2. The van der Waals surface area contributed by atoms with Gasteiger partial charge in [-0.3, -0.25) is 4.90 Å². The van der Waals surface area contributed by atoms with Crippen LogP contribution in [0.1, 0.15) is 97.0 Å². The highest BCUT2D eigenvalue weighted by atomic mass is 16.6. The Kier molecular flexibility index (Phi) is 8.21. The summed E-state index contributed by atoms with van der Waals surface area (Å²) in [6.07, 6.45) is 12.5. The van der Waals surface area contributed by atoms with Crippen molar-refractivity contribution in [3.63, 3.8) is 0 Å². The highest BCUT2D eigenvalue weighted by molar-refractivity contribution is 5.84. The summed E-state index contributed by atoms with van der Waals surface area (Å²) in [6, 6.07) is 9.15. The van der Waals surface area contributed by atoms with E-state index in [9.17, 15) is 9.59 Å². The van der Waals surface area contributed by atoms with Gasteiger partial charge in [0, 0.05) is 5.41 Å². The van der Waals surface area contributed by atoms with Gasteiger partial charge in [-0.2, -0.15) is 0 Å². The molecule has 188 valence electrons. The minimum atomic E-state index is -0.605. The van der Waals surface area contributed by atoms with Gasteiger partial charge in [-0.25, -0.2) is 9.59 Å². The van der Waals surface area contributed by atoms with Gasteiger partial charge >= 0.3 is 12.1 Å². The Morgan fingerprint density at radius 3 is 2.06 bits per heavy atom. The first-order chi connectivity index (χ1) is 16.3. The van der Waals surface area contributed by atoms with Gasteiger partial charge in [-0.05, 0) is 29.7 Å². The minimum absolute atomic E-state index is 0.197. The molecule has 3 aliphatic rings. The first kappa shape index (κ1) is 25.1. The molecule has 0 N–H and O–H groups in total. The molecule has 0 bridgehead atoms. The molecule has 0 aromatic heterocycles. The smallest absolute Gasteiger partial charge is 0.413 e. The van der Waals surface area contributed by atoms with Crippen LogP contribution >= 0.6 is 0 Å². The van der Waals surface area contributed by atoms with Crippen molar-refractivity contribution in [2.75, 3.05) is 0 Å². The van der Waals surface area contributed by atoms with Gasteiger partial charge < -0.3 is 9.47 Å². The fourth-order valence-electron chi connectivity index (χ4n) is 6.50. The van der Waals surface area contributed by atoms with Crippen molar-refractivity contribution in [1.82, 2.24) is 4.90 Å². The maximum atomic E-state index is 13.4. The number of rotatable bonds is 6. The first-order valence-electron chi connectivity index (χ1n) is 13.5. The lowest BCUT2D eigenvalue weighted by Gasteiger charge is -2.40. The average Bonchev–Trinajstić information content (AvgIpc) is 3.19. The van der Waals surface area contributed by atoms with Crippen LogP contribution in [0.25, 0.3) is 0 Å². The molecule has 0 spiro atoms. The van der Waals surface area contributed by atoms with E-state index >= 15 is 0 Å². The molecule has 1 heterocycles. The topological polar surface area (TPSA) is 55.8 Å². The third-order valence-electron chi connectivity index (χ3n) is 8.25. The van der Waals surface area contributed by atoms with Gasteiger partial charge in [-0.15, -0.1) is 0 Å². The van der Waals surface area contributed by atoms with Crippen LogP contribution in [-0.2, 0) is 20.9 Å². The quantitative estimate of drug-likeness (QED) is 0.417. The van der Waals surface area contributed by atoms with Crippen LogP contribution in [0.2, 0.25) is 0 Å². The lowest BCUT2D eigenvalue weighted by Crippen LogP contribution is -2.49.